The Morgan fingerprint density at radius 1 is 0.420 bits per heavy atom. The van der Waals surface area contributed by atoms with Crippen LogP contribution in [0.1, 0.15) is 122 Å². The average Bonchev–Trinajstić information content (AvgIpc) is 3.09. The molecule has 16 nitrogen and oxygen atoms in total. The van der Waals surface area contributed by atoms with E-state index < -0.39 is 5.91 Å². The fourth-order valence-corrected chi connectivity index (χ4v) is 4.60. The predicted octanol–water partition coefficient (Wildman–Crippen LogP) is 0.902. The summed E-state index contributed by atoms with van der Waals surface area (Å²) in [5.74, 6) is -1.44. The molecule has 0 saturated heterocycles. The number of amides is 7. The third-order valence-electron chi connectivity index (χ3n) is 7.67. The SMILES string of the molecule is CC(=O)N(O)CCCCCNC(=O)CCC(=O)NCCCCCNC(=O)CCC(=O)NCCCCCNC(=O)CCC(=O)NCCCCCN. The molecule has 0 bridgehead atoms. The van der Waals surface area contributed by atoms with Gasteiger partial charge >= 0.3 is 0 Å². The molecule has 0 fully saturated rings. The molecule has 16 heteroatoms. The molecule has 50 heavy (non-hydrogen) atoms. The quantitative estimate of drug-likeness (QED) is 0.0280. The van der Waals surface area contributed by atoms with Crippen LogP contribution in [0.15, 0.2) is 0 Å². The van der Waals surface area contributed by atoms with Crippen LogP contribution in [0, 0.1) is 0 Å². The molecule has 0 spiro atoms. The number of hydrogen-bond acceptors (Lipinski definition) is 9. The molecule has 0 rings (SSSR count). The molecule has 0 aromatic heterocycles. The van der Waals surface area contributed by atoms with E-state index in [0.29, 0.717) is 63.7 Å². The maximum absolute atomic E-state index is 12.0. The third kappa shape index (κ3) is 31.5. The highest BCUT2D eigenvalue weighted by Crippen LogP contribution is 2.00. The van der Waals surface area contributed by atoms with E-state index in [9.17, 15) is 38.8 Å². The fraction of sp³-hybridized carbons (Fsp3) is 0.794. The highest BCUT2D eigenvalue weighted by atomic mass is 16.5. The number of nitrogens with zero attached hydrogens (tertiary/aromatic N) is 1. The number of unbranched alkanes of at least 4 members (excludes halogenated alkanes) is 8. The van der Waals surface area contributed by atoms with E-state index in [2.05, 4.69) is 31.9 Å². The molecule has 0 aliphatic carbocycles. The van der Waals surface area contributed by atoms with Gasteiger partial charge in [-0.05, 0) is 77.2 Å². The van der Waals surface area contributed by atoms with Gasteiger partial charge in [-0.15, -0.1) is 0 Å². The first-order chi connectivity index (χ1) is 24.0. The predicted molar refractivity (Wildman–Crippen MR) is 189 cm³/mol. The second-order valence-electron chi connectivity index (χ2n) is 12.3. The molecule has 0 aliphatic rings. The van der Waals surface area contributed by atoms with Crippen molar-refractivity contribution in [1.82, 2.24) is 37.0 Å². The van der Waals surface area contributed by atoms with E-state index in [1.165, 1.54) is 6.92 Å². The normalized spacial score (nSPS) is 10.5. The molecule has 7 amide bonds. The van der Waals surface area contributed by atoms with Crippen LogP contribution in [0.3, 0.4) is 0 Å². The zero-order chi connectivity index (χ0) is 37.2. The van der Waals surface area contributed by atoms with Gasteiger partial charge in [0.2, 0.25) is 41.4 Å². The maximum Gasteiger partial charge on any atom is 0.242 e. The molecular formula is C34H64N8O8. The van der Waals surface area contributed by atoms with Crippen molar-refractivity contribution < 1.29 is 38.8 Å². The Labute approximate surface area is 297 Å². The first kappa shape index (κ1) is 46.2. The molecule has 0 aromatic rings. The Morgan fingerprint density at radius 2 is 0.660 bits per heavy atom. The smallest absolute Gasteiger partial charge is 0.242 e. The molecule has 0 aromatic carbocycles. The maximum atomic E-state index is 12.0. The van der Waals surface area contributed by atoms with Crippen molar-refractivity contribution >= 4 is 41.4 Å². The zero-order valence-electron chi connectivity index (χ0n) is 30.2. The monoisotopic (exact) mass is 712 g/mol. The summed E-state index contributed by atoms with van der Waals surface area (Å²) >= 11 is 0. The summed E-state index contributed by atoms with van der Waals surface area (Å²) < 4.78 is 0. The van der Waals surface area contributed by atoms with Crippen LogP contribution in [-0.4, -0.2) is 104 Å². The second-order valence-corrected chi connectivity index (χ2v) is 12.3. The summed E-state index contributed by atoms with van der Waals surface area (Å²) in [4.78, 5) is 82.4. The molecule has 0 unspecified atom stereocenters. The Kier molecular flexibility index (Phi) is 30.0. The lowest BCUT2D eigenvalue weighted by Crippen LogP contribution is -2.30. The first-order valence-electron chi connectivity index (χ1n) is 18.3. The minimum atomic E-state index is -0.403. The molecule has 288 valence electrons. The average molecular weight is 713 g/mol. The second kappa shape index (κ2) is 32.4. The first-order valence-corrected chi connectivity index (χ1v) is 18.3. The summed E-state index contributed by atoms with van der Waals surface area (Å²) in [6.07, 6.45) is 10.3. The summed E-state index contributed by atoms with van der Waals surface area (Å²) in [7, 11) is 0. The van der Waals surface area contributed by atoms with E-state index in [1.807, 2.05) is 0 Å². The number of nitrogens with two attached hydrogens (primary N) is 1. The summed E-state index contributed by atoms with van der Waals surface area (Å²) in [5.41, 5.74) is 5.43. The largest absolute Gasteiger partial charge is 0.356 e. The lowest BCUT2D eigenvalue weighted by molar-refractivity contribution is -0.162. The molecular weight excluding hydrogens is 648 g/mol. The van der Waals surface area contributed by atoms with Gasteiger partial charge in [0.05, 0.1) is 0 Å². The van der Waals surface area contributed by atoms with E-state index in [1.54, 1.807) is 0 Å². The number of nitrogens with one attached hydrogen (secondary N) is 6. The van der Waals surface area contributed by atoms with E-state index in [0.717, 1.165) is 64.2 Å². The minimum Gasteiger partial charge on any atom is -0.356 e. The van der Waals surface area contributed by atoms with E-state index in [4.69, 9.17) is 5.73 Å². The fourth-order valence-electron chi connectivity index (χ4n) is 4.60. The van der Waals surface area contributed by atoms with Crippen molar-refractivity contribution in [3.8, 4) is 0 Å². The molecule has 0 atom stereocenters. The van der Waals surface area contributed by atoms with Gasteiger partial charge in [-0.2, -0.15) is 0 Å². The van der Waals surface area contributed by atoms with Gasteiger partial charge in [0.1, 0.15) is 0 Å². The van der Waals surface area contributed by atoms with Crippen LogP contribution in [0.2, 0.25) is 0 Å². The summed E-state index contributed by atoms with van der Waals surface area (Å²) in [6.45, 7) is 5.27. The molecule has 0 saturated carbocycles. The van der Waals surface area contributed by atoms with Crippen LogP contribution in [0.4, 0.5) is 0 Å². The number of carbonyl (C=O) groups is 7. The van der Waals surface area contributed by atoms with Gasteiger partial charge in [-0.25, -0.2) is 5.06 Å². The molecule has 0 aliphatic heterocycles. The standard InChI is InChI=1S/C34H64N8O8/c1-28(43)42(50)27-13-5-12-26-41-34(49)19-18-33(48)40-25-11-4-10-24-39-32(47)17-16-31(46)38-23-9-3-8-22-37-30(45)15-14-29(44)36-21-7-2-6-20-35/h50H,2-27,35H2,1H3,(H,36,44)(H,37,45)(H,38,46)(H,39,47)(H,40,48)(H,41,49). The van der Waals surface area contributed by atoms with Gasteiger partial charge in [-0.1, -0.05) is 6.42 Å². The topological polar surface area (TPSA) is 241 Å². The van der Waals surface area contributed by atoms with Crippen molar-refractivity contribution in [2.24, 2.45) is 5.73 Å². The van der Waals surface area contributed by atoms with Gasteiger partial charge in [0.25, 0.3) is 0 Å². The number of hydroxylamine groups is 2. The third-order valence-corrected chi connectivity index (χ3v) is 7.67. The van der Waals surface area contributed by atoms with Gasteiger partial charge in [0.15, 0.2) is 0 Å². The van der Waals surface area contributed by atoms with E-state index >= 15 is 0 Å². The Morgan fingerprint density at radius 3 is 0.900 bits per heavy atom. The molecule has 9 N–H and O–H groups in total. The molecule has 0 radical (unpaired) electrons. The number of hydrogen-bond donors (Lipinski definition) is 8. The lowest BCUT2D eigenvalue weighted by atomic mass is 10.2. The lowest BCUT2D eigenvalue weighted by Gasteiger charge is -2.11. The summed E-state index contributed by atoms with van der Waals surface area (Å²) in [5, 5.41) is 26.7. The van der Waals surface area contributed by atoms with Crippen LogP contribution in [-0.2, 0) is 33.6 Å². The van der Waals surface area contributed by atoms with Crippen LogP contribution >= 0.6 is 0 Å². The zero-order valence-corrected chi connectivity index (χ0v) is 30.2. The Bertz CT molecular complexity index is 998. The highest BCUT2D eigenvalue weighted by molar-refractivity contribution is 5.84. The van der Waals surface area contributed by atoms with Crippen molar-refractivity contribution in [3.63, 3.8) is 0 Å². The van der Waals surface area contributed by atoms with Gasteiger partial charge < -0.3 is 37.6 Å². The van der Waals surface area contributed by atoms with Crippen molar-refractivity contribution in [1.29, 1.82) is 0 Å². The van der Waals surface area contributed by atoms with Gasteiger partial charge in [-0.3, -0.25) is 38.8 Å². The number of carbonyl (C=O) groups excluding carboxylic acids is 7. The van der Waals surface area contributed by atoms with Crippen LogP contribution in [0.5, 0.6) is 0 Å². The van der Waals surface area contributed by atoms with Crippen LogP contribution < -0.4 is 37.6 Å². The number of rotatable bonds is 32. The minimum absolute atomic E-state index is 0.104. The highest BCUT2D eigenvalue weighted by Gasteiger charge is 2.09. The van der Waals surface area contributed by atoms with Gasteiger partial charge in [0, 0.05) is 91.3 Å². The van der Waals surface area contributed by atoms with Crippen molar-refractivity contribution in [2.45, 2.75) is 122 Å². The van der Waals surface area contributed by atoms with E-state index in [-0.39, 0.29) is 80.5 Å². The molecule has 0 heterocycles. The van der Waals surface area contributed by atoms with Crippen molar-refractivity contribution in [3.05, 3.63) is 0 Å². The van der Waals surface area contributed by atoms with Crippen molar-refractivity contribution in [2.75, 3.05) is 52.4 Å². The summed E-state index contributed by atoms with van der Waals surface area (Å²) in [6, 6.07) is 0. The Hall–Kier alpha value is -3.79. The Balaban J connectivity index is 3.57. The van der Waals surface area contributed by atoms with Crippen LogP contribution in [0.25, 0.3) is 0 Å².